The van der Waals surface area contributed by atoms with Crippen molar-refractivity contribution in [2.75, 3.05) is 23.9 Å². The molecule has 1 aliphatic rings. The third kappa shape index (κ3) is 4.30. The third-order valence-corrected chi connectivity index (χ3v) is 5.88. The Labute approximate surface area is 146 Å². The lowest BCUT2D eigenvalue weighted by Crippen LogP contribution is -2.37. The van der Waals surface area contributed by atoms with Crippen LogP contribution in [0, 0.1) is 0 Å². The summed E-state index contributed by atoms with van der Waals surface area (Å²) in [7, 11) is -1.43. The predicted molar refractivity (Wildman–Crippen MR) is 92.7 cm³/mol. The van der Waals surface area contributed by atoms with Gasteiger partial charge in [-0.2, -0.15) is 0 Å². The van der Waals surface area contributed by atoms with Gasteiger partial charge in [0.05, 0.1) is 29.3 Å². The van der Waals surface area contributed by atoms with Crippen LogP contribution in [0.2, 0.25) is 0 Å². The highest BCUT2D eigenvalue weighted by molar-refractivity contribution is 7.91. The van der Waals surface area contributed by atoms with Gasteiger partial charge in [0.2, 0.25) is 5.95 Å². The van der Waals surface area contributed by atoms with Gasteiger partial charge < -0.3 is 10.2 Å². The van der Waals surface area contributed by atoms with Gasteiger partial charge in [0.15, 0.2) is 9.84 Å². The van der Waals surface area contributed by atoms with Gasteiger partial charge in [-0.25, -0.2) is 18.4 Å². The summed E-state index contributed by atoms with van der Waals surface area (Å²) in [6.07, 6.45) is 5.06. The van der Waals surface area contributed by atoms with E-state index in [0.29, 0.717) is 24.5 Å². The van der Waals surface area contributed by atoms with Crippen molar-refractivity contribution >= 4 is 21.7 Å². The Bertz CT molecular complexity index is 840. The number of carbonyl (C=O) groups excluding carboxylic acids is 1. The molecular weight excluding hydrogens is 342 g/mol. The molecule has 3 heterocycles. The minimum absolute atomic E-state index is 0.0137. The molecule has 3 rings (SSSR count). The van der Waals surface area contributed by atoms with E-state index >= 15 is 0 Å². The molecule has 132 valence electrons. The van der Waals surface area contributed by atoms with Gasteiger partial charge in [0.1, 0.15) is 0 Å². The van der Waals surface area contributed by atoms with Crippen molar-refractivity contribution in [2.45, 2.75) is 19.0 Å². The summed E-state index contributed by atoms with van der Waals surface area (Å²) in [5.74, 6) is 0.258. The first-order valence-corrected chi connectivity index (χ1v) is 9.70. The predicted octanol–water partition coefficient (Wildman–Crippen LogP) is 0.743. The van der Waals surface area contributed by atoms with Crippen molar-refractivity contribution in [2.24, 2.45) is 0 Å². The Balaban J connectivity index is 1.60. The number of aromatic nitrogens is 3. The summed E-state index contributed by atoms with van der Waals surface area (Å²) in [5.41, 5.74) is 1.18. The standard InChI is InChI=1S/C16H19N5O3S/c1-21(14-5-7-25(23,24)11-14)15(22)12-8-18-16(19-9-12)20-10-13-4-2-3-6-17-13/h2-4,6,8-9,14H,5,7,10-11H2,1H3,(H,18,19,20). The molecule has 9 heteroatoms. The number of hydrogen-bond donors (Lipinski definition) is 1. The van der Waals surface area contributed by atoms with Crippen LogP contribution in [0.3, 0.4) is 0 Å². The highest BCUT2D eigenvalue weighted by Gasteiger charge is 2.33. The third-order valence-electron chi connectivity index (χ3n) is 4.13. The largest absolute Gasteiger partial charge is 0.349 e. The topological polar surface area (TPSA) is 105 Å². The van der Waals surface area contributed by atoms with E-state index < -0.39 is 9.84 Å². The zero-order chi connectivity index (χ0) is 17.9. The zero-order valence-electron chi connectivity index (χ0n) is 13.8. The summed E-state index contributed by atoms with van der Waals surface area (Å²) in [6, 6.07) is 5.33. The van der Waals surface area contributed by atoms with E-state index in [1.54, 1.807) is 13.2 Å². The number of anilines is 1. The normalized spacial score (nSPS) is 18.7. The average molecular weight is 361 g/mol. The number of nitrogens with one attached hydrogen (secondary N) is 1. The maximum Gasteiger partial charge on any atom is 0.257 e. The van der Waals surface area contributed by atoms with Crippen molar-refractivity contribution < 1.29 is 13.2 Å². The molecule has 1 N–H and O–H groups in total. The van der Waals surface area contributed by atoms with Crippen LogP contribution in [-0.4, -0.2) is 58.8 Å². The van der Waals surface area contributed by atoms with Gasteiger partial charge >= 0.3 is 0 Å². The SMILES string of the molecule is CN(C(=O)c1cnc(NCc2ccccn2)nc1)C1CCS(=O)(=O)C1. The quantitative estimate of drug-likeness (QED) is 0.837. The van der Waals surface area contributed by atoms with Crippen LogP contribution >= 0.6 is 0 Å². The van der Waals surface area contributed by atoms with Crippen LogP contribution in [-0.2, 0) is 16.4 Å². The molecule has 2 aromatic rings. The Morgan fingerprint density at radius 3 is 2.64 bits per heavy atom. The van der Waals surface area contributed by atoms with Crippen molar-refractivity contribution in [1.82, 2.24) is 19.9 Å². The molecule has 0 aliphatic carbocycles. The van der Waals surface area contributed by atoms with E-state index in [2.05, 4.69) is 20.3 Å². The van der Waals surface area contributed by atoms with Gasteiger partial charge in [-0.1, -0.05) is 6.07 Å². The first-order chi connectivity index (χ1) is 11.9. The number of amides is 1. The Morgan fingerprint density at radius 1 is 1.28 bits per heavy atom. The Hall–Kier alpha value is -2.55. The van der Waals surface area contributed by atoms with Crippen molar-refractivity contribution in [1.29, 1.82) is 0 Å². The monoisotopic (exact) mass is 361 g/mol. The van der Waals surface area contributed by atoms with Gasteiger partial charge in [0, 0.05) is 31.7 Å². The van der Waals surface area contributed by atoms with Crippen molar-refractivity contribution in [3.8, 4) is 0 Å². The van der Waals surface area contributed by atoms with E-state index in [1.807, 2.05) is 18.2 Å². The van der Waals surface area contributed by atoms with Gasteiger partial charge in [-0.15, -0.1) is 0 Å². The fraction of sp³-hybridized carbons (Fsp3) is 0.375. The lowest BCUT2D eigenvalue weighted by atomic mass is 10.2. The molecular formula is C16H19N5O3S. The summed E-state index contributed by atoms with van der Waals surface area (Å²) in [5, 5.41) is 3.03. The molecule has 0 spiro atoms. The van der Waals surface area contributed by atoms with Crippen molar-refractivity contribution in [3.05, 3.63) is 48.0 Å². The summed E-state index contributed by atoms with van der Waals surface area (Å²) >= 11 is 0. The van der Waals surface area contributed by atoms with E-state index in [9.17, 15) is 13.2 Å². The molecule has 0 saturated carbocycles. The molecule has 8 nitrogen and oxygen atoms in total. The van der Waals surface area contributed by atoms with Gasteiger partial charge in [-0.05, 0) is 18.6 Å². The number of carbonyl (C=O) groups is 1. The van der Waals surface area contributed by atoms with E-state index in [0.717, 1.165) is 5.69 Å². The summed E-state index contributed by atoms with van der Waals surface area (Å²) in [4.78, 5) is 26.4. The maximum atomic E-state index is 12.5. The number of pyridine rings is 1. The Kier molecular flexibility index (Phi) is 4.93. The molecule has 1 amide bonds. The highest BCUT2D eigenvalue weighted by atomic mass is 32.2. The van der Waals surface area contributed by atoms with Crippen LogP contribution < -0.4 is 5.32 Å². The first-order valence-electron chi connectivity index (χ1n) is 7.88. The fourth-order valence-corrected chi connectivity index (χ4v) is 4.43. The van der Waals surface area contributed by atoms with E-state index in [4.69, 9.17) is 0 Å². The van der Waals surface area contributed by atoms with Gasteiger partial charge in [-0.3, -0.25) is 9.78 Å². The minimum Gasteiger partial charge on any atom is -0.349 e. The van der Waals surface area contributed by atoms with E-state index in [-0.39, 0.29) is 23.5 Å². The molecule has 1 atom stereocenters. The van der Waals surface area contributed by atoms with Crippen LogP contribution in [0.4, 0.5) is 5.95 Å². The summed E-state index contributed by atoms with van der Waals surface area (Å²) in [6.45, 7) is 0.480. The maximum absolute atomic E-state index is 12.5. The minimum atomic E-state index is -3.04. The molecule has 1 unspecified atom stereocenters. The lowest BCUT2D eigenvalue weighted by Gasteiger charge is -2.23. The highest BCUT2D eigenvalue weighted by Crippen LogP contribution is 2.18. The second kappa shape index (κ2) is 7.14. The first kappa shape index (κ1) is 17.3. The Morgan fingerprint density at radius 2 is 2.04 bits per heavy atom. The molecule has 25 heavy (non-hydrogen) atoms. The van der Waals surface area contributed by atoms with Crippen LogP contribution in [0.1, 0.15) is 22.5 Å². The molecule has 1 aliphatic heterocycles. The number of rotatable bonds is 5. The second-order valence-electron chi connectivity index (χ2n) is 5.94. The number of nitrogens with zero attached hydrogens (tertiary/aromatic N) is 4. The van der Waals surface area contributed by atoms with Crippen LogP contribution in [0.15, 0.2) is 36.8 Å². The second-order valence-corrected chi connectivity index (χ2v) is 8.17. The molecule has 2 aromatic heterocycles. The zero-order valence-corrected chi connectivity index (χ0v) is 14.6. The van der Waals surface area contributed by atoms with Gasteiger partial charge in [0.25, 0.3) is 5.91 Å². The van der Waals surface area contributed by atoms with Crippen LogP contribution in [0.25, 0.3) is 0 Å². The number of sulfone groups is 1. The molecule has 1 saturated heterocycles. The molecule has 0 radical (unpaired) electrons. The van der Waals surface area contributed by atoms with E-state index in [1.165, 1.54) is 17.3 Å². The number of hydrogen-bond acceptors (Lipinski definition) is 7. The summed E-state index contributed by atoms with van der Waals surface area (Å²) < 4.78 is 23.1. The lowest BCUT2D eigenvalue weighted by molar-refractivity contribution is 0.0747. The average Bonchev–Trinajstić information content (AvgIpc) is 3.00. The van der Waals surface area contributed by atoms with Crippen molar-refractivity contribution in [3.63, 3.8) is 0 Å². The molecule has 0 aromatic carbocycles. The molecule has 0 bridgehead atoms. The molecule has 1 fully saturated rings. The van der Waals surface area contributed by atoms with Crippen LogP contribution in [0.5, 0.6) is 0 Å². The smallest absolute Gasteiger partial charge is 0.257 e. The fourth-order valence-electron chi connectivity index (χ4n) is 2.65.